The van der Waals surface area contributed by atoms with Crippen molar-refractivity contribution in [2.24, 2.45) is 0 Å². The summed E-state index contributed by atoms with van der Waals surface area (Å²) in [4.78, 5) is 9.81. The van der Waals surface area contributed by atoms with Gasteiger partial charge in [0.1, 0.15) is 5.78 Å². The summed E-state index contributed by atoms with van der Waals surface area (Å²) >= 11 is 0. The van der Waals surface area contributed by atoms with Gasteiger partial charge in [-0.15, -0.1) is 0 Å². The van der Waals surface area contributed by atoms with Crippen molar-refractivity contribution >= 4 is 5.78 Å². The highest BCUT2D eigenvalue weighted by Gasteiger charge is 1.84. The Bertz CT molecular complexity index is 109. The first-order valence-corrected chi connectivity index (χ1v) is 4.74. The Kier molecular flexibility index (Phi) is 17.2. The highest BCUT2D eigenvalue weighted by Crippen LogP contribution is 1.75. The second-order valence-electron chi connectivity index (χ2n) is 2.65. The minimum Gasteiger partial charge on any atom is -0.382 e. The quantitative estimate of drug-likeness (QED) is 0.589. The summed E-state index contributed by atoms with van der Waals surface area (Å²) in [5.74, 6) is 0.255. The van der Waals surface area contributed by atoms with Gasteiger partial charge in [0.05, 0.1) is 26.4 Å². The van der Waals surface area contributed by atoms with Gasteiger partial charge in [0.2, 0.25) is 0 Å². The van der Waals surface area contributed by atoms with E-state index in [0.29, 0.717) is 32.8 Å². The van der Waals surface area contributed by atoms with E-state index >= 15 is 0 Å². The maximum absolute atomic E-state index is 9.81. The number of rotatable bonds is 7. The predicted molar refractivity (Wildman–Crippen MR) is 55.5 cm³/mol. The van der Waals surface area contributed by atoms with Crippen LogP contribution in [0.25, 0.3) is 0 Å². The van der Waals surface area contributed by atoms with Gasteiger partial charge in [0, 0.05) is 20.6 Å². The Morgan fingerprint density at radius 3 is 1.57 bits per heavy atom. The number of hydrogen-bond donors (Lipinski definition) is 0. The van der Waals surface area contributed by atoms with Crippen LogP contribution in [0.2, 0.25) is 0 Å². The van der Waals surface area contributed by atoms with Gasteiger partial charge in [-0.3, -0.25) is 0 Å². The molecule has 0 radical (unpaired) electrons. The lowest BCUT2D eigenvalue weighted by atomic mass is 10.4. The first kappa shape index (κ1) is 16.0. The molecule has 0 aliphatic carbocycles. The van der Waals surface area contributed by atoms with Crippen molar-refractivity contribution in [1.29, 1.82) is 0 Å². The summed E-state index contributed by atoms with van der Waals surface area (Å²) in [6, 6.07) is 0. The standard InChI is InChI=1S/C6H14O3.C4H8O/c1-7-3-5-9-6-4-8-2;1-3-4(2)5/h3-6H2,1-2H3;3H2,1-2H3. The summed E-state index contributed by atoms with van der Waals surface area (Å²) < 4.78 is 14.6. The Balaban J connectivity index is 0. The van der Waals surface area contributed by atoms with Gasteiger partial charge in [-0.25, -0.2) is 0 Å². The van der Waals surface area contributed by atoms with Crippen molar-refractivity contribution in [2.45, 2.75) is 20.3 Å². The highest BCUT2D eigenvalue weighted by atomic mass is 16.5. The smallest absolute Gasteiger partial charge is 0.129 e. The molecule has 0 aromatic rings. The summed E-state index contributed by atoms with van der Waals surface area (Å²) in [5, 5.41) is 0. The number of carbonyl (C=O) groups excluding carboxylic acids is 1. The summed E-state index contributed by atoms with van der Waals surface area (Å²) in [6.07, 6.45) is 0.667. The molecule has 0 atom stereocenters. The Hall–Kier alpha value is -0.450. The zero-order valence-corrected chi connectivity index (χ0v) is 9.67. The van der Waals surface area contributed by atoms with Crippen molar-refractivity contribution in [3.8, 4) is 0 Å². The molecule has 0 unspecified atom stereocenters. The number of carbonyl (C=O) groups is 1. The molecule has 0 rings (SSSR count). The fraction of sp³-hybridized carbons (Fsp3) is 0.900. The fourth-order valence-corrected chi connectivity index (χ4v) is 0.387. The van der Waals surface area contributed by atoms with E-state index in [-0.39, 0.29) is 5.78 Å². The molecule has 0 aliphatic heterocycles. The monoisotopic (exact) mass is 206 g/mol. The van der Waals surface area contributed by atoms with Gasteiger partial charge in [-0.05, 0) is 6.92 Å². The molecule has 0 N–H and O–H groups in total. The second kappa shape index (κ2) is 15.0. The molecule has 0 amide bonds. The Morgan fingerprint density at radius 2 is 1.36 bits per heavy atom. The van der Waals surface area contributed by atoms with Gasteiger partial charge >= 0.3 is 0 Å². The molecular formula is C10H22O4. The van der Waals surface area contributed by atoms with E-state index in [1.807, 2.05) is 6.92 Å². The summed E-state index contributed by atoms with van der Waals surface area (Å²) in [7, 11) is 3.30. The van der Waals surface area contributed by atoms with E-state index in [1.54, 1.807) is 21.1 Å². The van der Waals surface area contributed by atoms with E-state index in [9.17, 15) is 4.79 Å². The van der Waals surface area contributed by atoms with E-state index in [4.69, 9.17) is 14.2 Å². The van der Waals surface area contributed by atoms with Crippen molar-refractivity contribution in [3.63, 3.8) is 0 Å². The first-order chi connectivity index (χ1) is 6.68. The van der Waals surface area contributed by atoms with Gasteiger partial charge in [-0.2, -0.15) is 0 Å². The van der Waals surface area contributed by atoms with Crippen LogP contribution in [0.1, 0.15) is 20.3 Å². The molecule has 4 heteroatoms. The molecule has 86 valence electrons. The van der Waals surface area contributed by atoms with Crippen LogP contribution in [-0.4, -0.2) is 46.4 Å². The van der Waals surface area contributed by atoms with Crippen LogP contribution in [0.3, 0.4) is 0 Å². The van der Waals surface area contributed by atoms with E-state index in [2.05, 4.69) is 0 Å². The molecule has 0 spiro atoms. The minimum absolute atomic E-state index is 0.255. The van der Waals surface area contributed by atoms with Gasteiger partial charge < -0.3 is 19.0 Å². The lowest BCUT2D eigenvalue weighted by Crippen LogP contribution is -2.06. The first-order valence-electron chi connectivity index (χ1n) is 4.74. The maximum atomic E-state index is 9.81. The van der Waals surface area contributed by atoms with Crippen molar-refractivity contribution in [3.05, 3.63) is 0 Å². The highest BCUT2D eigenvalue weighted by molar-refractivity contribution is 5.74. The van der Waals surface area contributed by atoms with Crippen LogP contribution in [0.5, 0.6) is 0 Å². The summed E-state index contributed by atoms with van der Waals surface area (Å²) in [5.41, 5.74) is 0. The molecular weight excluding hydrogens is 184 g/mol. The van der Waals surface area contributed by atoms with E-state index in [0.717, 1.165) is 0 Å². The molecule has 0 heterocycles. The number of Topliss-reactive ketones (excluding diaryl/α,β-unsaturated/α-hetero) is 1. The van der Waals surface area contributed by atoms with Crippen LogP contribution in [0.4, 0.5) is 0 Å². The summed E-state index contributed by atoms with van der Waals surface area (Å²) in [6.45, 7) is 6.05. The Labute approximate surface area is 86.5 Å². The SMILES string of the molecule is CCC(C)=O.COCCOCCOC. The van der Waals surface area contributed by atoms with Crippen LogP contribution in [-0.2, 0) is 19.0 Å². The molecule has 0 aromatic carbocycles. The maximum Gasteiger partial charge on any atom is 0.129 e. The average molecular weight is 206 g/mol. The fourth-order valence-electron chi connectivity index (χ4n) is 0.387. The second-order valence-corrected chi connectivity index (χ2v) is 2.65. The van der Waals surface area contributed by atoms with Crippen molar-refractivity contribution in [2.75, 3.05) is 40.6 Å². The van der Waals surface area contributed by atoms with Crippen molar-refractivity contribution in [1.82, 2.24) is 0 Å². The average Bonchev–Trinajstić information content (AvgIpc) is 2.19. The van der Waals surface area contributed by atoms with Crippen LogP contribution >= 0.6 is 0 Å². The lowest BCUT2D eigenvalue weighted by molar-refractivity contribution is -0.116. The van der Waals surface area contributed by atoms with Gasteiger partial charge in [-0.1, -0.05) is 6.92 Å². The van der Waals surface area contributed by atoms with Crippen LogP contribution < -0.4 is 0 Å². The zero-order chi connectivity index (χ0) is 11.2. The molecule has 0 aromatic heterocycles. The number of methoxy groups -OCH3 is 2. The Morgan fingerprint density at radius 1 is 1.00 bits per heavy atom. The topological polar surface area (TPSA) is 44.8 Å². The molecule has 4 nitrogen and oxygen atoms in total. The lowest BCUT2D eigenvalue weighted by Gasteiger charge is -2.00. The molecule has 0 saturated heterocycles. The molecule has 0 aliphatic rings. The van der Waals surface area contributed by atoms with Gasteiger partial charge in [0.25, 0.3) is 0 Å². The molecule has 0 fully saturated rings. The third-order valence-corrected chi connectivity index (χ3v) is 1.36. The minimum atomic E-state index is 0.255. The van der Waals surface area contributed by atoms with Crippen LogP contribution in [0, 0.1) is 0 Å². The molecule has 0 saturated carbocycles. The molecule has 0 bridgehead atoms. The van der Waals surface area contributed by atoms with E-state index < -0.39 is 0 Å². The molecule has 14 heavy (non-hydrogen) atoms. The van der Waals surface area contributed by atoms with Gasteiger partial charge in [0.15, 0.2) is 0 Å². The van der Waals surface area contributed by atoms with Crippen molar-refractivity contribution < 1.29 is 19.0 Å². The number of ketones is 1. The van der Waals surface area contributed by atoms with Crippen LogP contribution in [0.15, 0.2) is 0 Å². The predicted octanol–water partition coefficient (Wildman–Crippen LogP) is 1.28. The normalized spacial score (nSPS) is 9.14. The van der Waals surface area contributed by atoms with E-state index in [1.165, 1.54) is 0 Å². The number of hydrogen-bond acceptors (Lipinski definition) is 4. The largest absolute Gasteiger partial charge is 0.382 e. The zero-order valence-electron chi connectivity index (χ0n) is 9.67. The number of ether oxygens (including phenoxy) is 3. The third kappa shape index (κ3) is 22.6. The third-order valence-electron chi connectivity index (χ3n) is 1.36.